The number of hydrogen-bond acceptors (Lipinski definition) is 4. The molecule has 0 aromatic carbocycles. The summed E-state index contributed by atoms with van der Waals surface area (Å²) in [5.74, 6) is -2.22. The maximum absolute atomic E-state index is 10.8. The van der Waals surface area contributed by atoms with Crippen molar-refractivity contribution in [3.63, 3.8) is 0 Å². The molecule has 2 rings (SSSR count). The van der Waals surface area contributed by atoms with Crippen LogP contribution < -0.4 is 0 Å². The second kappa shape index (κ2) is 6.07. The van der Waals surface area contributed by atoms with Crippen molar-refractivity contribution in [3.05, 3.63) is 41.7 Å². The van der Waals surface area contributed by atoms with Crippen LogP contribution in [0.15, 0.2) is 30.6 Å². The molecule has 0 saturated carbocycles. The fraction of sp³-hybridized carbons (Fsp3) is 0.214. The summed E-state index contributed by atoms with van der Waals surface area (Å²) in [5.41, 5.74) is 1.74. The van der Waals surface area contributed by atoms with Crippen molar-refractivity contribution in [2.75, 3.05) is 13.1 Å². The number of aromatic nitrogens is 1. The summed E-state index contributed by atoms with van der Waals surface area (Å²) in [5, 5.41) is 26.9. The molecule has 0 radical (unpaired) electrons. The molecule has 0 fully saturated rings. The minimum Gasteiger partial charge on any atom is -0.480 e. The number of nitriles is 1. The zero-order valence-corrected chi connectivity index (χ0v) is 11.1. The Bertz CT molecular complexity index is 713. The van der Waals surface area contributed by atoms with E-state index in [-0.39, 0.29) is 6.54 Å². The number of rotatable bonds is 6. The Kier molecular flexibility index (Phi) is 4.21. The maximum atomic E-state index is 10.8. The fourth-order valence-electron chi connectivity index (χ4n) is 2.22. The summed E-state index contributed by atoms with van der Waals surface area (Å²) in [7, 11) is 0. The van der Waals surface area contributed by atoms with Gasteiger partial charge in [-0.1, -0.05) is 6.07 Å². The van der Waals surface area contributed by atoms with Crippen LogP contribution in [0.5, 0.6) is 0 Å². The molecule has 0 aliphatic carbocycles. The fourth-order valence-corrected chi connectivity index (χ4v) is 2.22. The summed E-state index contributed by atoms with van der Waals surface area (Å²) >= 11 is 0. The van der Waals surface area contributed by atoms with Crippen LogP contribution in [-0.4, -0.2) is 44.5 Å². The van der Waals surface area contributed by atoms with Crippen molar-refractivity contribution in [1.82, 2.24) is 9.30 Å². The highest BCUT2D eigenvalue weighted by Crippen LogP contribution is 2.19. The predicted octanol–water partition coefficient (Wildman–Crippen LogP) is 0.782. The van der Waals surface area contributed by atoms with Crippen molar-refractivity contribution < 1.29 is 19.8 Å². The van der Waals surface area contributed by atoms with E-state index in [9.17, 15) is 14.9 Å². The number of nitrogens with zero attached hydrogens (tertiary/aromatic N) is 3. The van der Waals surface area contributed by atoms with Crippen molar-refractivity contribution >= 4 is 17.5 Å². The Balaban J connectivity index is 2.33. The number of pyridine rings is 1. The summed E-state index contributed by atoms with van der Waals surface area (Å²) < 4.78 is 1.76. The molecule has 108 valence electrons. The molecular formula is C14H13N3O4. The van der Waals surface area contributed by atoms with Gasteiger partial charge in [-0.2, -0.15) is 5.26 Å². The third kappa shape index (κ3) is 3.38. The largest absolute Gasteiger partial charge is 0.480 e. The van der Waals surface area contributed by atoms with Gasteiger partial charge >= 0.3 is 11.9 Å². The first-order valence-electron chi connectivity index (χ1n) is 6.16. The van der Waals surface area contributed by atoms with Gasteiger partial charge < -0.3 is 14.6 Å². The Morgan fingerprint density at radius 1 is 1.24 bits per heavy atom. The van der Waals surface area contributed by atoms with Gasteiger partial charge in [-0.3, -0.25) is 14.5 Å². The molecule has 0 aliphatic rings. The van der Waals surface area contributed by atoms with E-state index in [1.165, 1.54) is 4.90 Å². The van der Waals surface area contributed by atoms with Crippen molar-refractivity contribution in [1.29, 1.82) is 5.26 Å². The van der Waals surface area contributed by atoms with E-state index in [1.807, 2.05) is 6.07 Å². The van der Waals surface area contributed by atoms with Gasteiger partial charge in [0.25, 0.3) is 0 Å². The molecule has 0 amide bonds. The average Bonchev–Trinajstić information content (AvgIpc) is 2.73. The molecule has 7 heteroatoms. The van der Waals surface area contributed by atoms with Gasteiger partial charge in [0, 0.05) is 24.5 Å². The summed E-state index contributed by atoms with van der Waals surface area (Å²) in [6, 6.07) is 7.47. The first kappa shape index (κ1) is 14.6. The molecular weight excluding hydrogens is 274 g/mol. The Morgan fingerprint density at radius 3 is 2.48 bits per heavy atom. The molecule has 2 N–H and O–H groups in total. The minimum atomic E-state index is -1.11. The first-order chi connectivity index (χ1) is 10.0. The Labute approximate surface area is 120 Å². The van der Waals surface area contributed by atoms with Gasteiger partial charge in [-0.15, -0.1) is 0 Å². The molecule has 0 atom stereocenters. The summed E-state index contributed by atoms with van der Waals surface area (Å²) in [6.07, 6.45) is 3.49. The zero-order chi connectivity index (χ0) is 15.4. The van der Waals surface area contributed by atoms with E-state index in [0.717, 1.165) is 0 Å². The number of hydrogen-bond donors (Lipinski definition) is 2. The highest BCUT2D eigenvalue weighted by molar-refractivity contribution is 5.73. The first-order valence-corrected chi connectivity index (χ1v) is 6.16. The molecule has 0 bridgehead atoms. The molecule has 0 aliphatic heterocycles. The molecule has 21 heavy (non-hydrogen) atoms. The van der Waals surface area contributed by atoms with Crippen LogP contribution in [0.2, 0.25) is 0 Å². The second-order valence-electron chi connectivity index (χ2n) is 4.57. The summed E-state index contributed by atoms with van der Waals surface area (Å²) in [4.78, 5) is 22.9. The number of carboxylic acid groups (broad SMARTS) is 2. The minimum absolute atomic E-state index is 0.0865. The predicted molar refractivity (Wildman–Crippen MR) is 72.7 cm³/mol. The van der Waals surface area contributed by atoms with Crippen molar-refractivity contribution in [3.8, 4) is 6.07 Å². The topological polar surface area (TPSA) is 106 Å². The van der Waals surface area contributed by atoms with Gasteiger partial charge in [-0.05, 0) is 12.1 Å². The average molecular weight is 287 g/mol. The molecule has 0 spiro atoms. The number of carbonyl (C=O) groups is 2. The number of fused-ring (bicyclic) bond motifs is 1. The van der Waals surface area contributed by atoms with Crippen LogP contribution in [0.4, 0.5) is 0 Å². The zero-order valence-electron chi connectivity index (χ0n) is 11.1. The van der Waals surface area contributed by atoms with Crippen LogP contribution in [0.3, 0.4) is 0 Å². The number of aliphatic carboxylic acids is 2. The highest BCUT2D eigenvalue weighted by atomic mass is 16.4. The lowest BCUT2D eigenvalue weighted by molar-refractivity contribution is -0.142. The van der Waals surface area contributed by atoms with Gasteiger partial charge in [0.15, 0.2) is 0 Å². The van der Waals surface area contributed by atoms with E-state index in [1.54, 1.807) is 28.9 Å². The Morgan fingerprint density at radius 2 is 1.90 bits per heavy atom. The lowest BCUT2D eigenvalue weighted by Crippen LogP contribution is -2.34. The SMILES string of the molecule is N#Cc1c(CN(CC(=O)O)CC(=O)O)cn2ccccc12. The second-order valence-corrected chi connectivity index (χ2v) is 4.57. The molecule has 2 aromatic rings. The van der Waals surface area contributed by atoms with E-state index in [0.29, 0.717) is 16.6 Å². The maximum Gasteiger partial charge on any atom is 0.317 e. The number of carboxylic acids is 2. The monoisotopic (exact) mass is 287 g/mol. The van der Waals surface area contributed by atoms with Crippen molar-refractivity contribution in [2.45, 2.75) is 6.54 Å². The van der Waals surface area contributed by atoms with Gasteiger partial charge in [-0.25, -0.2) is 0 Å². The highest BCUT2D eigenvalue weighted by Gasteiger charge is 2.18. The van der Waals surface area contributed by atoms with Crippen LogP contribution in [0, 0.1) is 11.3 Å². The molecule has 0 unspecified atom stereocenters. The van der Waals surface area contributed by atoms with Gasteiger partial charge in [0.1, 0.15) is 6.07 Å². The van der Waals surface area contributed by atoms with Crippen molar-refractivity contribution in [2.24, 2.45) is 0 Å². The molecule has 0 saturated heterocycles. The normalized spacial score (nSPS) is 10.7. The van der Waals surface area contributed by atoms with Gasteiger partial charge in [0.05, 0.1) is 24.2 Å². The standard InChI is InChI=1S/C14H13N3O4/c15-5-11-10(7-17-4-2-1-3-12(11)17)6-16(8-13(18)19)9-14(20)21/h1-4,7H,6,8-9H2,(H,18,19)(H,20,21). The Hall–Kier alpha value is -2.85. The molecule has 2 heterocycles. The van der Waals surface area contributed by atoms with Crippen LogP contribution >= 0.6 is 0 Å². The smallest absolute Gasteiger partial charge is 0.317 e. The van der Waals surface area contributed by atoms with E-state index in [4.69, 9.17) is 10.2 Å². The van der Waals surface area contributed by atoms with Crippen LogP contribution in [-0.2, 0) is 16.1 Å². The molecule has 2 aromatic heterocycles. The van der Waals surface area contributed by atoms with Crippen LogP contribution in [0.1, 0.15) is 11.1 Å². The van der Waals surface area contributed by atoms with E-state index < -0.39 is 25.0 Å². The van der Waals surface area contributed by atoms with Crippen LogP contribution in [0.25, 0.3) is 5.52 Å². The van der Waals surface area contributed by atoms with Gasteiger partial charge in [0.2, 0.25) is 0 Å². The molecule has 7 nitrogen and oxygen atoms in total. The third-order valence-corrected chi connectivity index (χ3v) is 2.99. The third-order valence-electron chi connectivity index (χ3n) is 2.99. The lowest BCUT2D eigenvalue weighted by atomic mass is 10.1. The quantitative estimate of drug-likeness (QED) is 0.813. The lowest BCUT2D eigenvalue weighted by Gasteiger charge is -2.17. The van der Waals surface area contributed by atoms with E-state index >= 15 is 0 Å². The van der Waals surface area contributed by atoms with E-state index in [2.05, 4.69) is 6.07 Å². The summed E-state index contributed by atoms with van der Waals surface area (Å²) in [6.45, 7) is -0.712.